The molecule has 2 heterocycles. The molecule has 0 aliphatic carbocycles. The summed E-state index contributed by atoms with van der Waals surface area (Å²) in [4.78, 5) is 18.7. The number of carbonyl (C=O) groups is 1. The summed E-state index contributed by atoms with van der Waals surface area (Å²) in [6.45, 7) is 3.62. The summed E-state index contributed by atoms with van der Waals surface area (Å²) in [6, 6.07) is 7.96. The number of amides is 1. The topological polar surface area (TPSA) is 87.9 Å². The number of aromatic nitrogens is 3. The number of nitrogens with two attached hydrogens (primary N) is 1. The first-order chi connectivity index (χ1) is 11.6. The highest BCUT2D eigenvalue weighted by Crippen LogP contribution is 2.22. The molecule has 0 saturated carbocycles. The first-order valence-corrected chi connectivity index (χ1v) is 9.24. The van der Waals surface area contributed by atoms with Gasteiger partial charge in [0.2, 0.25) is 0 Å². The van der Waals surface area contributed by atoms with Crippen LogP contribution in [0.15, 0.2) is 35.7 Å². The molecule has 1 aliphatic heterocycles. The smallest absolute Gasteiger partial charge is 0.253 e. The van der Waals surface area contributed by atoms with Crippen molar-refractivity contribution < 1.29 is 4.79 Å². The number of aromatic amines is 1. The van der Waals surface area contributed by atoms with Crippen LogP contribution < -0.4 is 5.73 Å². The molecule has 7 heteroatoms. The molecule has 128 valence electrons. The van der Waals surface area contributed by atoms with E-state index in [0.717, 1.165) is 48.0 Å². The molecule has 2 unspecified atom stereocenters. The lowest BCUT2D eigenvalue weighted by atomic mass is 9.92. The third-order valence-electron chi connectivity index (χ3n) is 4.46. The summed E-state index contributed by atoms with van der Waals surface area (Å²) in [5.41, 5.74) is 7.91. The van der Waals surface area contributed by atoms with Crippen molar-refractivity contribution >= 4 is 17.7 Å². The third kappa shape index (κ3) is 4.15. The van der Waals surface area contributed by atoms with Crippen molar-refractivity contribution in [2.45, 2.75) is 36.7 Å². The lowest BCUT2D eigenvalue weighted by molar-refractivity contribution is 0.0661. The van der Waals surface area contributed by atoms with Gasteiger partial charge in [0.25, 0.3) is 5.91 Å². The molecule has 0 radical (unpaired) electrons. The Morgan fingerprint density at radius 1 is 1.46 bits per heavy atom. The second-order valence-electron chi connectivity index (χ2n) is 6.29. The number of H-pyrrole nitrogens is 1. The normalized spacial score (nSPS) is 19.2. The molecule has 1 fully saturated rings. The van der Waals surface area contributed by atoms with Gasteiger partial charge in [0.1, 0.15) is 6.33 Å². The molecule has 24 heavy (non-hydrogen) atoms. The fourth-order valence-corrected chi connectivity index (χ4v) is 3.70. The number of likely N-dealkylation sites (tertiary alicyclic amines) is 1. The van der Waals surface area contributed by atoms with E-state index in [9.17, 15) is 4.79 Å². The zero-order valence-electron chi connectivity index (χ0n) is 13.8. The van der Waals surface area contributed by atoms with Crippen LogP contribution in [0.1, 0.15) is 35.7 Å². The Bertz CT molecular complexity index is 656. The molecule has 2 aromatic rings. The number of thioether (sulfide) groups is 1. The Kier molecular flexibility index (Phi) is 5.52. The summed E-state index contributed by atoms with van der Waals surface area (Å²) in [5.74, 6) is 1.30. The molecule has 0 spiro atoms. The Labute approximate surface area is 146 Å². The van der Waals surface area contributed by atoms with E-state index >= 15 is 0 Å². The summed E-state index contributed by atoms with van der Waals surface area (Å²) < 4.78 is 0. The van der Waals surface area contributed by atoms with E-state index in [4.69, 9.17) is 5.73 Å². The predicted octanol–water partition coefficient (Wildman–Crippen LogP) is 2.30. The average Bonchev–Trinajstić information content (AvgIpc) is 3.13. The summed E-state index contributed by atoms with van der Waals surface area (Å²) in [6.07, 6.45) is 3.64. The van der Waals surface area contributed by atoms with Crippen LogP contribution in [0.5, 0.6) is 0 Å². The van der Waals surface area contributed by atoms with Gasteiger partial charge in [-0.15, -0.1) is 0 Å². The van der Waals surface area contributed by atoms with Crippen LogP contribution in [0.2, 0.25) is 0 Å². The molecule has 6 nitrogen and oxygen atoms in total. The van der Waals surface area contributed by atoms with Crippen molar-refractivity contribution in [3.05, 3.63) is 41.7 Å². The van der Waals surface area contributed by atoms with E-state index in [1.165, 1.54) is 6.33 Å². The van der Waals surface area contributed by atoms with Gasteiger partial charge in [-0.1, -0.05) is 23.9 Å². The number of hydrogen-bond donors (Lipinski definition) is 2. The van der Waals surface area contributed by atoms with Crippen molar-refractivity contribution in [1.29, 1.82) is 0 Å². The van der Waals surface area contributed by atoms with Gasteiger partial charge in [0.15, 0.2) is 5.16 Å². The average molecular weight is 345 g/mol. The predicted molar refractivity (Wildman–Crippen MR) is 94.7 cm³/mol. The number of benzene rings is 1. The Morgan fingerprint density at radius 2 is 2.25 bits per heavy atom. The zero-order valence-corrected chi connectivity index (χ0v) is 14.6. The van der Waals surface area contributed by atoms with Gasteiger partial charge in [-0.2, -0.15) is 5.10 Å². The van der Waals surface area contributed by atoms with E-state index in [-0.39, 0.29) is 11.9 Å². The maximum Gasteiger partial charge on any atom is 0.253 e. The number of nitrogens with one attached hydrogen (secondary N) is 1. The molecule has 1 saturated heterocycles. The monoisotopic (exact) mass is 345 g/mol. The van der Waals surface area contributed by atoms with Crippen LogP contribution in [0.4, 0.5) is 0 Å². The highest BCUT2D eigenvalue weighted by Gasteiger charge is 2.26. The maximum absolute atomic E-state index is 12.7. The van der Waals surface area contributed by atoms with Gasteiger partial charge in [-0.05, 0) is 43.4 Å². The number of carbonyl (C=O) groups excluding carboxylic acids is 1. The Balaban J connectivity index is 1.59. The van der Waals surface area contributed by atoms with Crippen LogP contribution in [0, 0.1) is 5.92 Å². The minimum Gasteiger partial charge on any atom is -0.338 e. The van der Waals surface area contributed by atoms with Crippen molar-refractivity contribution in [2.24, 2.45) is 11.7 Å². The fraction of sp³-hybridized carbons (Fsp3) is 0.471. The largest absolute Gasteiger partial charge is 0.338 e. The highest BCUT2D eigenvalue weighted by molar-refractivity contribution is 7.98. The molecule has 0 bridgehead atoms. The number of nitrogens with zero attached hydrogens (tertiary/aromatic N) is 3. The van der Waals surface area contributed by atoms with Crippen molar-refractivity contribution in [3.63, 3.8) is 0 Å². The molecular weight excluding hydrogens is 322 g/mol. The van der Waals surface area contributed by atoms with E-state index in [0.29, 0.717) is 5.92 Å². The van der Waals surface area contributed by atoms with E-state index in [2.05, 4.69) is 15.2 Å². The first-order valence-electron chi connectivity index (χ1n) is 8.25. The fourth-order valence-electron chi connectivity index (χ4n) is 2.97. The van der Waals surface area contributed by atoms with E-state index < -0.39 is 0 Å². The standard InChI is InChI=1S/C17H23N5OS/c1-12(18)15-3-2-8-22(9-15)16(23)14-6-4-13(5-7-14)10-24-17-19-11-20-21-17/h4-7,11-12,15H,2-3,8-10,18H2,1H3,(H,19,20,21). The van der Waals surface area contributed by atoms with Crippen LogP contribution in [0.3, 0.4) is 0 Å². The Hall–Kier alpha value is -1.86. The highest BCUT2D eigenvalue weighted by atomic mass is 32.2. The molecule has 3 N–H and O–H groups in total. The van der Waals surface area contributed by atoms with Crippen LogP contribution >= 0.6 is 11.8 Å². The van der Waals surface area contributed by atoms with Crippen LogP contribution in [-0.2, 0) is 5.75 Å². The molecule has 2 atom stereocenters. The van der Waals surface area contributed by atoms with Crippen LogP contribution in [0.25, 0.3) is 0 Å². The van der Waals surface area contributed by atoms with Crippen LogP contribution in [-0.4, -0.2) is 45.1 Å². The van der Waals surface area contributed by atoms with Gasteiger partial charge in [0.05, 0.1) is 0 Å². The Morgan fingerprint density at radius 3 is 2.92 bits per heavy atom. The number of rotatable bonds is 5. The summed E-state index contributed by atoms with van der Waals surface area (Å²) in [7, 11) is 0. The lowest BCUT2D eigenvalue weighted by Gasteiger charge is -2.34. The van der Waals surface area contributed by atoms with Gasteiger partial charge in [0, 0.05) is 30.4 Å². The third-order valence-corrected chi connectivity index (χ3v) is 5.41. The van der Waals surface area contributed by atoms with Crippen molar-refractivity contribution in [1.82, 2.24) is 20.1 Å². The van der Waals surface area contributed by atoms with Crippen molar-refractivity contribution in [2.75, 3.05) is 13.1 Å². The molecular formula is C17H23N5OS. The van der Waals surface area contributed by atoms with Gasteiger partial charge in [-0.25, -0.2) is 4.98 Å². The maximum atomic E-state index is 12.7. The number of piperidine rings is 1. The lowest BCUT2D eigenvalue weighted by Crippen LogP contribution is -2.45. The molecule has 3 rings (SSSR count). The quantitative estimate of drug-likeness (QED) is 0.812. The number of hydrogen-bond acceptors (Lipinski definition) is 5. The van der Waals surface area contributed by atoms with E-state index in [1.54, 1.807) is 11.8 Å². The van der Waals surface area contributed by atoms with E-state index in [1.807, 2.05) is 36.1 Å². The van der Waals surface area contributed by atoms with Gasteiger partial charge in [-0.3, -0.25) is 9.89 Å². The minimum absolute atomic E-state index is 0.106. The van der Waals surface area contributed by atoms with Gasteiger partial charge < -0.3 is 10.6 Å². The van der Waals surface area contributed by atoms with Crippen molar-refractivity contribution in [3.8, 4) is 0 Å². The molecule has 1 aliphatic rings. The second-order valence-corrected chi connectivity index (χ2v) is 7.25. The molecule has 1 amide bonds. The zero-order chi connectivity index (χ0) is 16.9. The summed E-state index contributed by atoms with van der Waals surface area (Å²) in [5, 5.41) is 7.45. The second kappa shape index (κ2) is 7.81. The SMILES string of the molecule is CC(N)C1CCCN(C(=O)c2ccc(CSc3ncn[nH]3)cc2)C1. The molecule has 1 aromatic heterocycles. The minimum atomic E-state index is 0.106. The first kappa shape index (κ1) is 17.0. The molecule has 1 aromatic carbocycles. The summed E-state index contributed by atoms with van der Waals surface area (Å²) >= 11 is 1.59. The van der Waals surface area contributed by atoms with Gasteiger partial charge >= 0.3 is 0 Å².